The van der Waals surface area contributed by atoms with Crippen LogP contribution in [0.5, 0.6) is 0 Å². The van der Waals surface area contributed by atoms with E-state index in [2.05, 4.69) is 25.7 Å². The maximum atomic E-state index is 11.1. The number of nitrogens with two attached hydrogens (primary N) is 1. The summed E-state index contributed by atoms with van der Waals surface area (Å²) in [5, 5.41) is 9.92. The molecular formula is C16H16ClN7O. The van der Waals surface area contributed by atoms with E-state index in [-0.39, 0.29) is 17.0 Å². The lowest BCUT2D eigenvalue weighted by atomic mass is 10.1. The predicted molar refractivity (Wildman–Crippen MR) is 97.7 cm³/mol. The second-order valence-electron chi connectivity index (χ2n) is 5.41. The first-order valence-electron chi connectivity index (χ1n) is 7.38. The Morgan fingerprint density at radius 1 is 1.24 bits per heavy atom. The van der Waals surface area contributed by atoms with Crippen molar-refractivity contribution >= 4 is 40.6 Å². The quantitative estimate of drug-likeness (QED) is 0.489. The third kappa shape index (κ3) is 4.04. The smallest absolute Gasteiger partial charge is 0.232 e. The highest BCUT2D eigenvalue weighted by atomic mass is 35.5. The van der Waals surface area contributed by atoms with E-state index in [1.54, 1.807) is 16.9 Å². The van der Waals surface area contributed by atoms with Gasteiger partial charge in [0.05, 0.1) is 17.6 Å². The Balaban J connectivity index is 1.86. The number of amides is 1. The lowest BCUT2D eigenvalue weighted by molar-refractivity contribution is -0.114. The lowest BCUT2D eigenvalue weighted by Crippen LogP contribution is -2.10. The first-order chi connectivity index (χ1) is 11.9. The van der Waals surface area contributed by atoms with Crippen LogP contribution in [0.25, 0.3) is 11.1 Å². The second-order valence-corrected chi connectivity index (χ2v) is 5.80. The largest absolute Gasteiger partial charge is 0.397 e. The van der Waals surface area contributed by atoms with Gasteiger partial charge in [-0.2, -0.15) is 10.1 Å². The van der Waals surface area contributed by atoms with E-state index in [9.17, 15) is 4.79 Å². The number of carbonyl (C=O) groups excluding carboxylic acids is 1. The van der Waals surface area contributed by atoms with Gasteiger partial charge in [0.2, 0.25) is 11.9 Å². The number of nitrogen functional groups attached to an aromatic ring is 1. The van der Waals surface area contributed by atoms with Crippen molar-refractivity contribution in [2.75, 3.05) is 16.4 Å². The molecule has 0 aliphatic heterocycles. The molecule has 4 N–H and O–H groups in total. The van der Waals surface area contributed by atoms with Crippen LogP contribution in [-0.2, 0) is 11.8 Å². The molecule has 0 spiro atoms. The molecule has 8 nitrogen and oxygen atoms in total. The maximum absolute atomic E-state index is 11.1. The molecule has 0 aliphatic rings. The van der Waals surface area contributed by atoms with Gasteiger partial charge in [0.15, 0.2) is 0 Å². The number of carbonyl (C=O) groups is 1. The Labute approximate surface area is 149 Å². The molecule has 1 amide bonds. The zero-order valence-corrected chi connectivity index (χ0v) is 14.4. The predicted octanol–water partition coefficient (Wildman–Crippen LogP) is 2.81. The van der Waals surface area contributed by atoms with E-state index in [1.807, 2.05) is 31.4 Å². The van der Waals surface area contributed by atoms with Gasteiger partial charge in [-0.3, -0.25) is 14.8 Å². The molecule has 0 atom stereocenters. The number of nitrogens with one attached hydrogen (secondary N) is 2. The molecule has 2 heterocycles. The summed E-state index contributed by atoms with van der Waals surface area (Å²) in [4.78, 5) is 19.3. The number of halogens is 1. The second kappa shape index (κ2) is 6.78. The molecule has 0 fully saturated rings. The molecule has 25 heavy (non-hydrogen) atoms. The number of aromatic nitrogens is 4. The first-order valence-corrected chi connectivity index (χ1v) is 7.76. The molecule has 3 rings (SSSR count). The van der Waals surface area contributed by atoms with Crippen LogP contribution in [0.3, 0.4) is 0 Å². The van der Waals surface area contributed by atoms with Gasteiger partial charge in [-0.05, 0) is 17.7 Å². The highest BCUT2D eigenvalue weighted by Crippen LogP contribution is 2.29. The normalized spacial score (nSPS) is 10.5. The molecule has 2 aromatic heterocycles. The van der Waals surface area contributed by atoms with Gasteiger partial charge in [0, 0.05) is 31.8 Å². The molecular weight excluding hydrogens is 342 g/mol. The van der Waals surface area contributed by atoms with Crippen LogP contribution in [0.15, 0.2) is 36.7 Å². The number of hydrogen-bond donors (Lipinski definition) is 3. The Kier molecular flexibility index (Phi) is 4.53. The SMILES string of the molecule is CC(=O)Nc1nc(Cl)cc(Nc2ccc(-c3cnn(C)c3)cc2N)n1. The van der Waals surface area contributed by atoms with E-state index in [4.69, 9.17) is 17.3 Å². The number of hydrogen-bond acceptors (Lipinski definition) is 6. The van der Waals surface area contributed by atoms with Crippen molar-refractivity contribution in [2.24, 2.45) is 7.05 Å². The van der Waals surface area contributed by atoms with Gasteiger partial charge >= 0.3 is 0 Å². The highest BCUT2D eigenvalue weighted by molar-refractivity contribution is 6.29. The molecule has 3 aromatic rings. The minimum Gasteiger partial charge on any atom is -0.397 e. The monoisotopic (exact) mass is 357 g/mol. The molecule has 0 saturated carbocycles. The van der Waals surface area contributed by atoms with Crippen molar-refractivity contribution in [3.63, 3.8) is 0 Å². The van der Waals surface area contributed by atoms with Crippen molar-refractivity contribution < 1.29 is 4.79 Å². The van der Waals surface area contributed by atoms with Crippen LogP contribution in [0, 0.1) is 0 Å². The summed E-state index contributed by atoms with van der Waals surface area (Å²) in [5.74, 6) is 0.256. The molecule has 0 bridgehead atoms. The number of rotatable bonds is 4. The molecule has 0 unspecified atom stereocenters. The molecule has 0 saturated heterocycles. The van der Waals surface area contributed by atoms with Crippen LogP contribution in [-0.4, -0.2) is 25.7 Å². The standard InChI is InChI=1S/C16H16ClN7O/c1-9(25)20-16-22-14(17)6-15(23-16)21-13-4-3-10(5-12(13)18)11-7-19-24(2)8-11/h3-8H,18H2,1-2H3,(H2,20,21,22,23,25). The Morgan fingerprint density at radius 3 is 2.68 bits per heavy atom. The van der Waals surface area contributed by atoms with Gasteiger partial charge < -0.3 is 11.1 Å². The summed E-state index contributed by atoms with van der Waals surface area (Å²) in [5.41, 5.74) is 9.26. The van der Waals surface area contributed by atoms with E-state index < -0.39 is 0 Å². The average molecular weight is 358 g/mol. The lowest BCUT2D eigenvalue weighted by Gasteiger charge is -2.11. The van der Waals surface area contributed by atoms with Crippen LogP contribution in [0.1, 0.15) is 6.92 Å². The maximum Gasteiger partial charge on any atom is 0.232 e. The van der Waals surface area contributed by atoms with Gasteiger partial charge in [-0.1, -0.05) is 17.7 Å². The summed E-state index contributed by atoms with van der Waals surface area (Å²) in [6.07, 6.45) is 3.68. The van der Waals surface area contributed by atoms with Crippen LogP contribution in [0.4, 0.5) is 23.1 Å². The Bertz CT molecular complexity index is 938. The minimum atomic E-state index is -0.284. The minimum absolute atomic E-state index is 0.119. The molecule has 0 radical (unpaired) electrons. The number of anilines is 4. The first kappa shape index (κ1) is 16.7. The fraction of sp³-hybridized carbons (Fsp3) is 0.125. The van der Waals surface area contributed by atoms with Crippen LogP contribution < -0.4 is 16.4 Å². The van der Waals surface area contributed by atoms with Crippen molar-refractivity contribution in [2.45, 2.75) is 6.92 Å². The van der Waals surface area contributed by atoms with Crippen molar-refractivity contribution in [1.29, 1.82) is 0 Å². The fourth-order valence-electron chi connectivity index (χ4n) is 2.26. The third-order valence-corrected chi connectivity index (χ3v) is 3.53. The van der Waals surface area contributed by atoms with Gasteiger partial charge in [0.25, 0.3) is 0 Å². The zero-order chi connectivity index (χ0) is 18.0. The molecule has 128 valence electrons. The third-order valence-electron chi connectivity index (χ3n) is 3.34. The summed E-state index contributed by atoms with van der Waals surface area (Å²) in [7, 11) is 1.86. The van der Waals surface area contributed by atoms with Gasteiger partial charge in [-0.25, -0.2) is 4.98 Å². The highest BCUT2D eigenvalue weighted by Gasteiger charge is 2.08. The van der Waals surface area contributed by atoms with Gasteiger partial charge in [0.1, 0.15) is 11.0 Å². The summed E-state index contributed by atoms with van der Waals surface area (Å²) >= 11 is 5.96. The summed E-state index contributed by atoms with van der Waals surface area (Å²) in [6.45, 7) is 1.37. The fourth-order valence-corrected chi connectivity index (χ4v) is 2.44. The summed E-state index contributed by atoms with van der Waals surface area (Å²) < 4.78 is 1.73. The van der Waals surface area contributed by atoms with E-state index >= 15 is 0 Å². The molecule has 9 heteroatoms. The van der Waals surface area contributed by atoms with E-state index in [0.717, 1.165) is 11.1 Å². The topological polar surface area (TPSA) is 111 Å². The number of aryl methyl sites for hydroxylation is 1. The van der Waals surface area contributed by atoms with E-state index in [1.165, 1.54) is 6.92 Å². The van der Waals surface area contributed by atoms with Crippen molar-refractivity contribution in [1.82, 2.24) is 19.7 Å². The summed E-state index contributed by atoms with van der Waals surface area (Å²) in [6, 6.07) is 7.15. The molecule has 0 aliphatic carbocycles. The van der Waals surface area contributed by atoms with Crippen molar-refractivity contribution in [3.8, 4) is 11.1 Å². The number of benzene rings is 1. The number of nitrogens with zero attached hydrogens (tertiary/aromatic N) is 4. The zero-order valence-electron chi connectivity index (χ0n) is 13.6. The molecule has 1 aromatic carbocycles. The van der Waals surface area contributed by atoms with Gasteiger partial charge in [-0.15, -0.1) is 0 Å². The average Bonchev–Trinajstić information content (AvgIpc) is 2.94. The van der Waals surface area contributed by atoms with E-state index in [0.29, 0.717) is 17.2 Å². The van der Waals surface area contributed by atoms with Crippen LogP contribution in [0.2, 0.25) is 5.15 Å². The Morgan fingerprint density at radius 2 is 2.04 bits per heavy atom. The van der Waals surface area contributed by atoms with Crippen LogP contribution >= 0.6 is 11.6 Å². The Hall–Kier alpha value is -3.13. The van der Waals surface area contributed by atoms with Crippen molar-refractivity contribution in [3.05, 3.63) is 41.8 Å².